The van der Waals surface area contributed by atoms with Crippen LogP contribution in [0.25, 0.3) is 0 Å². The summed E-state index contributed by atoms with van der Waals surface area (Å²) < 4.78 is 6.75. The van der Waals surface area contributed by atoms with Crippen LogP contribution < -0.4 is 4.74 Å². The van der Waals surface area contributed by atoms with E-state index in [2.05, 4.69) is 4.98 Å². The molecule has 94 valence electrons. The second kappa shape index (κ2) is 5.22. The molecule has 0 aliphatic rings. The van der Waals surface area contributed by atoms with Gasteiger partial charge in [0.1, 0.15) is 12.4 Å². The molecule has 0 aliphatic heterocycles. The third-order valence-corrected chi connectivity index (χ3v) is 2.36. The predicted octanol–water partition coefficient (Wildman–Crippen LogP) is 1.37. The summed E-state index contributed by atoms with van der Waals surface area (Å²) in [5.41, 5.74) is -0.352. The summed E-state index contributed by atoms with van der Waals surface area (Å²) in [6.45, 7) is 0.633. The molecule has 2 aromatic rings. The van der Waals surface area contributed by atoms with Crippen LogP contribution in [0.2, 0.25) is 0 Å². The van der Waals surface area contributed by atoms with E-state index in [1.54, 1.807) is 0 Å². The predicted molar refractivity (Wildman–Crippen MR) is 62.8 cm³/mol. The van der Waals surface area contributed by atoms with Gasteiger partial charge < -0.3 is 14.9 Å². The SMILES string of the molecule is O=C(O)c1ncn(CCOc2ccccc2)c1O. The van der Waals surface area contributed by atoms with Gasteiger partial charge >= 0.3 is 5.97 Å². The van der Waals surface area contributed by atoms with E-state index in [4.69, 9.17) is 9.84 Å². The van der Waals surface area contributed by atoms with Crippen molar-refractivity contribution in [2.24, 2.45) is 0 Å². The maximum absolute atomic E-state index is 10.7. The highest BCUT2D eigenvalue weighted by Gasteiger charge is 2.15. The number of rotatable bonds is 5. The summed E-state index contributed by atoms with van der Waals surface area (Å²) in [7, 11) is 0. The molecule has 6 heteroatoms. The molecule has 1 aromatic heterocycles. The van der Waals surface area contributed by atoms with Crippen LogP contribution in [0.1, 0.15) is 10.5 Å². The topological polar surface area (TPSA) is 84.6 Å². The Balaban J connectivity index is 1.93. The van der Waals surface area contributed by atoms with Crippen molar-refractivity contribution in [3.8, 4) is 11.6 Å². The Labute approximate surface area is 103 Å². The van der Waals surface area contributed by atoms with Crippen LogP contribution in [0.3, 0.4) is 0 Å². The van der Waals surface area contributed by atoms with E-state index in [1.807, 2.05) is 30.3 Å². The Bertz CT molecular complexity index is 536. The minimum atomic E-state index is -1.25. The fraction of sp³-hybridized carbons (Fsp3) is 0.167. The highest BCUT2D eigenvalue weighted by molar-refractivity contribution is 5.87. The van der Waals surface area contributed by atoms with E-state index < -0.39 is 5.97 Å². The zero-order valence-corrected chi connectivity index (χ0v) is 9.48. The molecule has 0 unspecified atom stereocenters. The van der Waals surface area contributed by atoms with E-state index in [-0.39, 0.29) is 11.6 Å². The molecule has 1 heterocycles. The van der Waals surface area contributed by atoms with Crippen molar-refractivity contribution in [1.29, 1.82) is 0 Å². The Morgan fingerprint density at radius 1 is 1.33 bits per heavy atom. The van der Waals surface area contributed by atoms with E-state index in [0.29, 0.717) is 13.2 Å². The second-order valence-electron chi connectivity index (χ2n) is 3.58. The Morgan fingerprint density at radius 3 is 2.67 bits per heavy atom. The molecular formula is C12H12N2O4. The van der Waals surface area contributed by atoms with Gasteiger partial charge in [0.25, 0.3) is 0 Å². The molecule has 2 rings (SSSR count). The number of para-hydroxylation sites is 1. The Hall–Kier alpha value is -2.50. The van der Waals surface area contributed by atoms with Gasteiger partial charge in [0.15, 0.2) is 0 Å². The number of carbonyl (C=O) groups is 1. The molecule has 0 saturated carbocycles. The maximum atomic E-state index is 10.7. The number of benzene rings is 1. The smallest absolute Gasteiger partial charge is 0.360 e. The second-order valence-corrected chi connectivity index (χ2v) is 3.58. The van der Waals surface area contributed by atoms with E-state index in [9.17, 15) is 9.90 Å². The van der Waals surface area contributed by atoms with Gasteiger partial charge in [0.05, 0.1) is 12.9 Å². The molecule has 0 spiro atoms. The zero-order chi connectivity index (χ0) is 13.0. The molecule has 0 aliphatic carbocycles. The molecule has 0 bridgehead atoms. The summed E-state index contributed by atoms with van der Waals surface area (Å²) in [4.78, 5) is 14.3. The summed E-state index contributed by atoms with van der Waals surface area (Å²) in [5.74, 6) is -0.898. The maximum Gasteiger partial charge on any atom is 0.360 e. The van der Waals surface area contributed by atoms with E-state index in [0.717, 1.165) is 5.75 Å². The highest BCUT2D eigenvalue weighted by atomic mass is 16.5. The monoisotopic (exact) mass is 248 g/mol. The van der Waals surface area contributed by atoms with Crippen molar-refractivity contribution in [3.63, 3.8) is 0 Å². The first kappa shape index (κ1) is 12.0. The van der Waals surface area contributed by atoms with Gasteiger partial charge in [-0.1, -0.05) is 18.2 Å². The largest absolute Gasteiger partial charge is 0.493 e. The molecular weight excluding hydrogens is 236 g/mol. The number of aromatic hydroxyl groups is 1. The van der Waals surface area contributed by atoms with Gasteiger partial charge in [-0.2, -0.15) is 0 Å². The van der Waals surface area contributed by atoms with Gasteiger partial charge in [-0.05, 0) is 12.1 Å². The van der Waals surface area contributed by atoms with Crippen molar-refractivity contribution in [2.75, 3.05) is 6.61 Å². The average molecular weight is 248 g/mol. The van der Waals surface area contributed by atoms with Crippen LogP contribution in [-0.4, -0.2) is 32.3 Å². The lowest BCUT2D eigenvalue weighted by atomic mass is 10.3. The van der Waals surface area contributed by atoms with Gasteiger partial charge in [-0.15, -0.1) is 0 Å². The number of imidazole rings is 1. The number of hydrogen-bond donors (Lipinski definition) is 2. The van der Waals surface area contributed by atoms with Crippen LogP contribution in [0.5, 0.6) is 11.6 Å². The minimum Gasteiger partial charge on any atom is -0.493 e. The zero-order valence-electron chi connectivity index (χ0n) is 9.48. The molecule has 0 atom stereocenters. The average Bonchev–Trinajstić information content (AvgIpc) is 2.73. The number of nitrogens with zero attached hydrogens (tertiary/aromatic N) is 2. The normalized spacial score (nSPS) is 10.2. The summed E-state index contributed by atoms with van der Waals surface area (Å²) >= 11 is 0. The van der Waals surface area contributed by atoms with Crippen molar-refractivity contribution < 1.29 is 19.7 Å². The third kappa shape index (κ3) is 2.60. The number of aromatic nitrogens is 2. The molecule has 0 radical (unpaired) electrons. The van der Waals surface area contributed by atoms with Gasteiger partial charge in [0, 0.05) is 0 Å². The minimum absolute atomic E-state index is 0.312. The lowest BCUT2D eigenvalue weighted by Gasteiger charge is -2.07. The van der Waals surface area contributed by atoms with Gasteiger partial charge in [0.2, 0.25) is 11.6 Å². The lowest BCUT2D eigenvalue weighted by Crippen LogP contribution is -2.07. The van der Waals surface area contributed by atoms with Gasteiger partial charge in [-0.25, -0.2) is 9.78 Å². The summed E-state index contributed by atoms with van der Waals surface area (Å²) in [5, 5.41) is 18.3. The van der Waals surface area contributed by atoms with E-state index >= 15 is 0 Å². The first-order valence-electron chi connectivity index (χ1n) is 5.33. The summed E-state index contributed by atoms with van der Waals surface area (Å²) in [6, 6.07) is 9.22. The van der Waals surface area contributed by atoms with Crippen LogP contribution >= 0.6 is 0 Å². The molecule has 6 nitrogen and oxygen atoms in total. The van der Waals surface area contributed by atoms with Crippen molar-refractivity contribution >= 4 is 5.97 Å². The first-order valence-corrected chi connectivity index (χ1v) is 5.33. The van der Waals surface area contributed by atoms with Crippen molar-refractivity contribution in [3.05, 3.63) is 42.4 Å². The Morgan fingerprint density at radius 2 is 2.06 bits per heavy atom. The fourth-order valence-corrected chi connectivity index (χ4v) is 1.47. The molecule has 0 saturated heterocycles. The quantitative estimate of drug-likeness (QED) is 0.834. The molecule has 0 amide bonds. The lowest BCUT2D eigenvalue weighted by molar-refractivity contribution is 0.0687. The fourth-order valence-electron chi connectivity index (χ4n) is 1.47. The van der Waals surface area contributed by atoms with Crippen LogP contribution in [0.4, 0.5) is 0 Å². The first-order chi connectivity index (χ1) is 8.68. The van der Waals surface area contributed by atoms with Gasteiger partial charge in [-0.3, -0.25) is 4.57 Å². The van der Waals surface area contributed by atoms with E-state index in [1.165, 1.54) is 10.9 Å². The number of hydrogen-bond acceptors (Lipinski definition) is 4. The van der Waals surface area contributed by atoms with Crippen LogP contribution in [0, 0.1) is 0 Å². The number of aromatic carboxylic acids is 1. The molecule has 1 aromatic carbocycles. The molecule has 2 N–H and O–H groups in total. The Kier molecular flexibility index (Phi) is 3.47. The number of carboxylic acid groups (broad SMARTS) is 1. The van der Waals surface area contributed by atoms with Crippen molar-refractivity contribution in [1.82, 2.24) is 9.55 Å². The van der Waals surface area contributed by atoms with Crippen LogP contribution in [0.15, 0.2) is 36.7 Å². The summed E-state index contributed by atoms with van der Waals surface area (Å²) in [6.07, 6.45) is 1.27. The van der Waals surface area contributed by atoms with Crippen molar-refractivity contribution in [2.45, 2.75) is 6.54 Å². The standard InChI is InChI=1S/C12H12N2O4/c15-11-10(12(16)17)13-8-14(11)6-7-18-9-4-2-1-3-5-9/h1-5,8,15H,6-7H2,(H,16,17). The highest BCUT2D eigenvalue weighted by Crippen LogP contribution is 2.15. The van der Waals surface area contributed by atoms with Crippen LogP contribution in [-0.2, 0) is 6.54 Å². The number of ether oxygens (including phenoxy) is 1. The number of carboxylic acids is 1. The third-order valence-electron chi connectivity index (χ3n) is 2.36. The molecule has 0 fully saturated rings. The molecule has 18 heavy (non-hydrogen) atoms.